The molecule has 0 aliphatic heterocycles. The number of aryl methyl sites for hydroxylation is 1. The fourth-order valence-electron chi connectivity index (χ4n) is 5.24. The number of fused-ring (bicyclic) bond motifs is 1. The highest BCUT2D eigenvalue weighted by molar-refractivity contribution is 6.00. The lowest BCUT2D eigenvalue weighted by Crippen LogP contribution is -2.23. The van der Waals surface area contributed by atoms with Gasteiger partial charge in [-0.1, -0.05) is 43.3 Å². The number of ether oxygens (including phenoxy) is 2. The number of rotatable bonds is 13. The Hall–Kier alpha value is -5.45. The third-order valence-corrected chi connectivity index (χ3v) is 7.46. The van der Waals surface area contributed by atoms with Crippen molar-refractivity contribution in [2.75, 3.05) is 42.8 Å². The third-order valence-electron chi connectivity index (χ3n) is 7.46. The molecule has 11 heteroatoms. The summed E-state index contributed by atoms with van der Waals surface area (Å²) in [5.74, 6) is -1.54. The average Bonchev–Trinajstić information content (AvgIpc) is 3.08. The molecule has 0 unspecified atom stereocenters. The maximum atomic E-state index is 16.8. The number of aromatic nitrogens is 2. The van der Waals surface area contributed by atoms with E-state index in [2.05, 4.69) is 20.9 Å². The van der Waals surface area contributed by atoms with E-state index in [4.69, 9.17) is 9.47 Å². The predicted octanol–water partition coefficient (Wildman–Crippen LogP) is 6.55. The van der Waals surface area contributed by atoms with Crippen molar-refractivity contribution in [3.05, 3.63) is 118 Å². The van der Waals surface area contributed by atoms with Gasteiger partial charge >= 0.3 is 5.97 Å². The largest absolute Gasteiger partial charge is 0.497 e. The van der Waals surface area contributed by atoms with Crippen molar-refractivity contribution in [3.63, 3.8) is 0 Å². The lowest BCUT2D eigenvalue weighted by molar-refractivity contribution is 0.0516. The van der Waals surface area contributed by atoms with Crippen LogP contribution in [0.5, 0.6) is 5.75 Å². The van der Waals surface area contributed by atoms with Crippen molar-refractivity contribution in [3.8, 4) is 11.4 Å². The second-order valence-electron chi connectivity index (χ2n) is 10.3. The van der Waals surface area contributed by atoms with Crippen molar-refractivity contribution in [1.29, 1.82) is 0 Å². The average molecular weight is 628 g/mol. The summed E-state index contributed by atoms with van der Waals surface area (Å²) in [5, 5.41) is 8.77. The minimum Gasteiger partial charge on any atom is -0.497 e. The van der Waals surface area contributed by atoms with E-state index in [0.29, 0.717) is 23.7 Å². The van der Waals surface area contributed by atoms with Crippen molar-refractivity contribution in [2.24, 2.45) is 0 Å². The van der Waals surface area contributed by atoms with Crippen molar-refractivity contribution in [1.82, 2.24) is 9.55 Å². The van der Waals surface area contributed by atoms with Crippen molar-refractivity contribution >= 4 is 34.1 Å². The molecule has 0 atom stereocenters. The molecule has 0 fully saturated rings. The van der Waals surface area contributed by atoms with E-state index >= 15 is 8.78 Å². The summed E-state index contributed by atoms with van der Waals surface area (Å²) in [6, 6.07) is 20.7. The topological polar surface area (TPSA) is 107 Å². The quantitative estimate of drug-likeness (QED) is 0.0998. The number of carbonyl (C=O) groups is 1. The van der Waals surface area contributed by atoms with Gasteiger partial charge in [-0.05, 0) is 54.8 Å². The lowest BCUT2D eigenvalue weighted by atomic mass is 10.0. The molecule has 2 heterocycles. The maximum Gasteiger partial charge on any atom is 0.355 e. The van der Waals surface area contributed by atoms with Gasteiger partial charge in [-0.25, -0.2) is 18.6 Å². The number of hydrogen-bond donors (Lipinski definition) is 3. The van der Waals surface area contributed by atoms with E-state index in [1.807, 2.05) is 25.1 Å². The van der Waals surface area contributed by atoms with Crippen LogP contribution < -0.4 is 26.1 Å². The summed E-state index contributed by atoms with van der Waals surface area (Å²) in [6.07, 6.45) is 2.18. The summed E-state index contributed by atoms with van der Waals surface area (Å²) >= 11 is 0. The molecule has 0 radical (unpaired) electrons. The summed E-state index contributed by atoms with van der Waals surface area (Å²) in [4.78, 5) is 31.2. The van der Waals surface area contributed by atoms with Gasteiger partial charge in [0.05, 0.1) is 30.3 Å². The molecule has 0 spiro atoms. The highest BCUT2D eigenvalue weighted by atomic mass is 19.1. The van der Waals surface area contributed by atoms with Crippen LogP contribution in [0.25, 0.3) is 16.6 Å². The van der Waals surface area contributed by atoms with Crippen LogP contribution in [0.3, 0.4) is 0 Å². The molecule has 5 rings (SSSR count). The summed E-state index contributed by atoms with van der Waals surface area (Å²) in [6.45, 7) is 4.12. The van der Waals surface area contributed by atoms with Crippen LogP contribution in [0.15, 0.2) is 83.8 Å². The number of halogens is 2. The number of esters is 1. The van der Waals surface area contributed by atoms with Crippen LogP contribution in [0.2, 0.25) is 0 Å². The monoisotopic (exact) mass is 627 g/mol. The zero-order valence-electron chi connectivity index (χ0n) is 25.8. The van der Waals surface area contributed by atoms with Crippen molar-refractivity contribution in [2.45, 2.75) is 26.8 Å². The number of methoxy groups -OCH3 is 1. The fraction of sp³-hybridized carbons (Fsp3) is 0.229. The first-order valence-corrected chi connectivity index (χ1v) is 15.0. The van der Waals surface area contributed by atoms with E-state index in [1.165, 1.54) is 4.57 Å². The summed E-state index contributed by atoms with van der Waals surface area (Å²) in [5.41, 5.74) is 0.209. The van der Waals surface area contributed by atoms with E-state index < -0.39 is 28.7 Å². The molecule has 0 bridgehead atoms. The Kier molecular flexibility index (Phi) is 10.1. The van der Waals surface area contributed by atoms with Gasteiger partial charge in [-0.3, -0.25) is 4.79 Å². The zero-order valence-corrected chi connectivity index (χ0v) is 25.8. The number of pyridine rings is 2. The molecule has 0 saturated carbocycles. The molecule has 0 aliphatic carbocycles. The molecule has 46 heavy (non-hydrogen) atoms. The van der Waals surface area contributed by atoms with Gasteiger partial charge in [0.25, 0.3) is 0 Å². The normalized spacial score (nSPS) is 10.9. The van der Waals surface area contributed by atoms with Crippen LogP contribution in [-0.4, -0.2) is 42.3 Å². The summed E-state index contributed by atoms with van der Waals surface area (Å²) < 4.78 is 45.1. The smallest absolute Gasteiger partial charge is 0.355 e. The molecular formula is C35H35F2N5O4. The number of hydrogen-bond acceptors (Lipinski definition) is 8. The number of nitrogens with zero attached hydrogens (tertiary/aromatic N) is 2. The summed E-state index contributed by atoms with van der Waals surface area (Å²) in [7, 11) is 1.56. The van der Waals surface area contributed by atoms with Gasteiger partial charge in [-0.15, -0.1) is 0 Å². The highest BCUT2D eigenvalue weighted by Gasteiger charge is 2.28. The van der Waals surface area contributed by atoms with Crippen LogP contribution in [0.1, 0.15) is 35.5 Å². The number of anilines is 3. The van der Waals surface area contributed by atoms with Gasteiger partial charge in [-0.2, -0.15) is 0 Å². The van der Waals surface area contributed by atoms with E-state index in [1.54, 1.807) is 68.8 Å². The zero-order chi connectivity index (χ0) is 32.6. The molecule has 3 aromatic carbocycles. The van der Waals surface area contributed by atoms with Gasteiger partial charge in [0.15, 0.2) is 17.1 Å². The Morgan fingerprint density at radius 1 is 0.891 bits per heavy atom. The number of benzene rings is 3. The van der Waals surface area contributed by atoms with Gasteiger partial charge in [0.1, 0.15) is 22.9 Å². The van der Waals surface area contributed by atoms with Gasteiger partial charge in [0.2, 0.25) is 0 Å². The van der Waals surface area contributed by atoms with Gasteiger partial charge in [0, 0.05) is 37.6 Å². The van der Waals surface area contributed by atoms with E-state index in [0.717, 1.165) is 17.2 Å². The molecule has 2 aromatic heterocycles. The Bertz CT molecular complexity index is 1900. The van der Waals surface area contributed by atoms with Crippen molar-refractivity contribution < 1.29 is 23.0 Å². The fourth-order valence-corrected chi connectivity index (χ4v) is 5.24. The molecular weight excluding hydrogens is 592 g/mol. The molecule has 0 saturated heterocycles. The molecule has 5 aromatic rings. The molecule has 238 valence electrons. The third kappa shape index (κ3) is 6.63. The number of para-hydroxylation sites is 1. The second kappa shape index (κ2) is 14.6. The number of carbonyl (C=O) groups excluding carboxylic acids is 1. The van der Waals surface area contributed by atoms with Gasteiger partial charge < -0.3 is 30.0 Å². The van der Waals surface area contributed by atoms with Crippen LogP contribution in [0, 0.1) is 11.6 Å². The Morgan fingerprint density at radius 2 is 1.63 bits per heavy atom. The Balaban J connectivity index is 1.71. The Labute approximate surface area is 265 Å². The minimum absolute atomic E-state index is 0.0388. The van der Waals surface area contributed by atoms with E-state index in [9.17, 15) is 9.59 Å². The molecule has 0 amide bonds. The first-order chi connectivity index (χ1) is 22.4. The maximum absolute atomic E-state index is 16.8. The molecule has 3 N–H and O–H groups in total. The molecule has 9 nitrogen and oxygen atoms in total. The second-order valence-corrected chi connectivity index (χ2v) is 10.3. The first-order valence-electron chi connectivity index (χ1n) is 15.0. The predicted molar refractivity (Wildman–Crippen MR) is 176 cm³/mol. The van der Waals surface area contributed by atoms with Crippen LogP contribution >= 0.6 is 0 Å². The standard InChI is InChI=1S/C35H35F2N5O4/c1-4-23-10-6-7-11-25(23)42-26(35(44)46-5-2)20-27(43)29-32(41-21-22-13-15-24(45-3)16-14-22)30(36)33(31(37)34(29)42)40-19-18-39-28-12-8-9-17-38-28/h6-17,20,40-41H,4-5,18-19,21H2,1-3H3,(H,38,39). The number of nitrogens with one attached hydrogen (secondary N) is 3. The highest BCUT2D eigenvalue weighted by Crippen LogP contribution is 2.37. The molecule has 0 aliphatic rings. The first kappa shape index (κ1) is 32.0. The van der Waals surface area contributed by atoms with Crippen LogP contribution in [-0.2, 0) is 17.7 Å². The lowest BCUT2D eigenvalue weighted by Gasteiger charge is -2.23. The minimum atomic E-state index is -1.02. The SMILES string of the molecule is CCOC(=O)c1cc(=O)c2c(NCc3ccc(OC)cc3)c(F)c(NCCNc3ccccn3)c(F)c2n1-c1ccccc1CC. The van der Waals surface area contributed by atoms with E-state index in [-0.39, 0.29) is 48.5 Å². The Morgan fingerprint density at radius 3 is 2.33 bits per heavy atom. The van der Waals surface area contributed by atoms with Crippen LogP contribution in [0.4, 0.5) is 26.0 Å².